The number of H-pyrrole nitrogens is 1. The molecule has 220 valence electrons. The Balaban J connectivity index is 1.47. The van der Waals surface area contributed by atoms with Crippen molar-refractivity contribution in [2.75, 3.05) is 36.9 Å². The monoisotopic (exact) mass is 573 g/mol. The SMILES string of the molecule is C=CC(=O)Nc1cc(-c2c(-c3ccc(N4CCN(C)[C@@H](C)C4)cc3)[nH]c3ncc(-c4cnn(C(C)C)c4)cc23)ccc1C. The highest BCUT2D eigenvalue weighted by molar-refractivity contribution is 6.05. The Morgan fingerprint density at radius 3 is 2.51 bits per heavy atom. The number of benzene rings is 2. The maximum Gasteiger partial charge on any atom is 0.247 e. The number of carbonyl (C=O) groups excluding carboxylic acids is 1. The molecule has 2 aromatic carbocycles. The minimum Gasteiger partial charge on any atom is -0.369 e. The van der Waals surface area contributed by atoms with E-state index < -0.39 is 0 Å². The van der Waals surface area contributed by atoms with E-state index in [4.69, 9.17) is 4.98 Å². The van der Waals surface area contributed by atoms with Gasteiger partial charge in [-0.25, -0.2) is 4.98 Å². The average Bonchev–Trinajstić information content (AvgIpc) is 3.65. The molecule has 4 heterocycles. The zero-order chi connectivity index (χ0) is 30.2. The summed E-state index contributed by atoms with van der Waals surface area (Å²) in [6, 6.07) is 18.0. The van der Waals surface area contributed by atoms with Crippen molar-refractivity contribution in [3.8, 4) is 33.5 Å². The van der Waals surface area contributed by atoms with E-state index in [-0.39, 0.29) is 11.9 Å². The summed E-state index contributed by atoms with van der Waals surface area (Å²) >= 11 is 0. The molecule has 43 heavy (non-hydrogen) atoms. The summed E-state index contributed by atoms with van der Waals surface area (Å²) < 4.78 is 1.96. The van der Waals surface area contributed by atoms with Crippen molar-refractivity contribution in [1.82, 2.24) is 24.6 Å². The second-order valence-corrected chi connectivity index (χ2v) is 11.8. The molecule has 1 atom stereocenters. The molecule has 1 amide bonds. The third-order valence-electron chi connectivity index (χ3n) is 8.56. The Morgan fingerprint density at radius 1 is 1.05 bits per heavy atom. The number of pyridine rings is 1. The van der Waals surface area contributed by atoms with E-state index >= 15 is 0 Å². The molecule has 5 aromatic rings. The van der Waals surface area contributed by atoms with Crippen LogP contribution in [0.5, 0.6) is 0 Å². The highest BCUT2D eigenvalue weighted by Gasteiger charge is 2.22. The summed E-state index contributed by atoms with van der Waals surface area (Å²) in [6.45, 7) is 15.2. The van der Waals surface area contributed by atoms with Crippen molar-refractivity contribution in [2.24, 2.45) is 0 Å². The predicted octanol–water partition coefficient (Wildman–Crippen LogP) is 6.91. The van der Waals surface area contributed by atoms with Crippen LogP contribution in [0, 0.1) is 6.92 Å². The quantitative estimate of drug-likeness (QED) is 0.207. The molecule has 2 N–H and O–H groups in total. The van der Waals surface area contributed by atoms with Gasteiger partial charge >= 0.3 is 0 Å². The highest BCUT2D eigenvalue weighted by Crippen LogP contribution is 2.41. The molecule has 0 unspecified atom stereocenters. The number of hydrogen-bond acceptors (Lipinski definition) is 5. The molecular weight excluding hydrogens is 534 g/mol. The van der Waals surface area contributed by atoms with Gasteiger partial charge in [0.15, 0.2) is 0 Å². The lowest BCUT2D eigenvalue weighted by atomic mass is 9.96. The van der Waals surface area contributed by atoms with Crippen molar-refractivity contribution in [2.45, 2.75) is 39.8 Å². The first-order valence-electron chi connectivity index (χ1n) is 14.9. The summed E-state index contributed by atoms with van der Waals surface area (Å²) in [7, 11) is 2.19. The first-order valence-corrected chi connectivity index (χ1v) is 14.9. The van der Waals surface area contributed by atoms with Crippen molar-refractivity contribution < 1.29 is 4.79 Å². The second kappa shape index (κ2) is 11.5. The topological polar surface area (TPSA) is 82.1 Å². The summed E-state index contributed by atoms with van der Waals surface area (Å²) in [5.74, 6) is -0.237. The van der Waals surface area contributed by atoms with Crippen molar-refractivity contribution in [3.05, 3.63) is 85.3 Å². The number of anilines is 2. The van der Waals surface area contributed by atoms with E-state index in [1.54, 1.807) is 0 Å². The van der Waals surface area contributed by atoms with E-state index in [0.29, 0.717) is 6.04 Å². The van der Waals surface area contributed by atoms with Gasteiger partial charge in [-0.3, -0.25) is 9.48 Å². The number of piperazine rings is 1. The van der Waals surface area contributed by atoms with E-state index in [9.17, 15) is 4.79 Å². The zero-order valence-electron chi connectivity index (χ0n) is 25.6. The van der Waals surface area contributed by atoms with Gasteiger partial charge in [0.05, 0.1) is 11.9 Å². The molecule has 0 aliphatic carbocycles. The van der Waals surface area contributed by atoms with Gasteiger partial charge in [0.1, 0.15) is 5.65 Å². The highest BCUT2D eigenvalue weighted by atomic mass is 16.1. The molecule has 8 heteroatoms. The van der Waals surface area contributed by atoms with Crippen LogP contribution in [-0.4, -0.2) is 63.3 Å². The van der Waals surface area contributed by atoms with Crippen molar-refractivity contribution in [3.63, 3.8) is 0 Å². The molecule has 1 aliphatic rings. The van der Waals surface area contributed by atoms with E-state index in [1.165, 1.54) is 11.8 Å². The van der Waals surface area contributed by atoms with Gasteiger partial charge in [-0.2, -0.15) is 5.10 Å². The minimum atomic E-state index is -0.237. The number of amides is 1. The third-order valence-corrected chi connectivity index (χ3v) is 8.56. The number of fused-ring (bicyclic) bond motifs is 1. The zero-order valence-corrected chi connectivity index (χ0v) is 25.6. The van der Waals surface area contributed by atoms with Gasteiger partial charge in [-0.1, -0.05) is 30.8 Å². The van der Waals surface area contributed by atoms with Crippen LogP contribution in [0.2, 0.25) is 0 Å². The van der Waals surface area contributed by atoms with E-state index in [0.717, 1.165) is 75.4 Å². The average molecular weight is 574 g/mol. The molecule has 1 saturated heterocycles. The normalized spacial score (nSPS) is 15.8. The number of likely N-dealkylation sites (N-methyl/N-ethyl adjacent to an activating group) is 1. The Bertz CT molecular complexity index is 1800. The van der Waals surface area contributed by atoms with E-state index in [1.807, 2.05) is 36.1 Å². The molecule has 0 spiro atoms. The number of nitrogens with zero attached hydrogens (tertiary/aromatic N) is 5. The number of carbonyl (C=O) groups is 1. The first-order chi connectivity index (χ1) is 20.7. The Morgan fingerprint density at radius 2 is 1.81 bits per heavy atom. The van der Waals surface area contributed by atoms with Gasteiger partial charge in [-0.15, -0.1) is 0 Å². The van der Waals surface area contributed by atoms with Gasteiger partial charge in [-0.05, 0) is 81.8 Å². The molecule has 1 aliphatic heterocycles. The fourth-order valence-corrected chi connectivity index (χ4v) is 5.73. The Kier molecular flexibility index (Phi) is 7.62. The van der Waals surface area contributed by atoms with Crippen LogP contribution in [-0.2, 0) is 4.79 Å². The largest absolute Gasteiger partial charge is 0.369 e. The van der Waals surface area contributed by atoms with Crippen LogP contribution in [0.3, 0.4) is 0 Å². The lowest BCUT2D eigenvalue weighted by Crippen LogP contribution is -2.50. The number of aryl methyl sites for hydroxylation is 1. The fraction of sp³-hybridized carbons (Fsp3) is 0.286. The molecule has 6 rings (SSSR count). The fourth-order valence-electron chi connectivity index (χ4n) is 5.73. The van der Waals surface area contributed by atoms with Crippen LogP contribution in [0.4, 0.5) is 11.4 Å². The Labute approximate surface area is 253 Å². The summed E-state index contributed by atoms with van der Waals surface area (Å²) in [5, 5.41) is 8.52. The van der Waals surface area contributed by atoms with Gasteiger partial charge in [0.25, 0.3) is 0 Å². The lowest BCUT2D eigenvalue weighted by molar-refractivity contribution is -0.111. The smallest absolute Gasteiger partial charge is 0.247 e. The maximum atomic E-state index is 12.2. The number of aromatic amines is 1. The maximum absolute atomic E-state index is 12.2. The van der Waals surface area contributed by atoms with Crippen LogP contribution in [0.1, 0.15) is 32.4 Å². The van der Waals surface area contributed by atoms with Gasteiger partial charge < -0.3 is 20.1 Å². The minimum absolute atomic E-state index is 0.237. The number of hydrogen-bond donors (Lipinski definition) is 2. The molecule has 3 aromatic heterocycles. The molecule has 8 nitrogen and oxygen atoms in total. The van der Waals surface area contributed by atoms with Crippen LogP contribution < -0.4 is 10.2 Å². The number of aromatic nitrogens is 4. The molecule has 1 fully saturated rings. The predicted molar refractivity (Wildman–Crippen MR) is 176 cm³/mol. The third kappa shape index (κ3) is 5.58. The van der Waals surface area contributed by atoms with E-state index in [2.05, 4.69) is 102 Å². The first kappa shape index (κ1) is 28.4. The molecule has 0 saturated carbocycles. The summed E-state index contributed by atoms with van der Waals surface area (Å²) in [6.07, 6.45) is 7.15. The van der Waals surface area contributed by atoms with Crippen molar-refractivity contribution >= 4 is 28.3 Å². The van der Waals surface area contributed by atoms with Gasteiger partial charge in [0.2, 0.25) is 5.91 Å². The van der Waals surface area contributed by atoms with Gasteiger partial charge in [0, 0.05) is 77.6 Å². The summed E-state index contributed by atoms with van der Waals surface area (Å²) in [4.78, 5) is 25.6. The van der Waals surface area contributed by atoms with Crippen LogP contribution >= 0.6 is 0 Å². The molecular formula is C35H39N7O. The summed E-state index contributed by atoms with van der Waals surface area (Å²) in [5.41, 5.74) is 9.87. The number of rotatable bonds is 7. The Hall–Kier alpha value is -4.69. The van der Waals surface area contributed by atoms with Crippen LogP contribution in [0.25, 0.3) is 44.5 Å². The lowest BCUT2D eigenvalue weighted by Gasteiger charge is -2.39. The van der Waals surface area contributed by atoms with Crippen LogP contribution in [0.15, 0.2) is 79.8 Å². The van der Waals surface area contributed by atoms with Crippen molar-refractivity contribution in [1.29, 1.82) is 0 Å². The molecule has 0 bridgehead atoms. The molecule has 0 radical (unpaired) electrons. The second-order valence-electron chi connectivity index (χ2n) is 11.8. The number of nitrogens with one attached hydrogen (secondary N) is 2. The standard InChI is InChI=1S/C35H39N7O/c1-7-32(43)38-31-17-26(9-8-23(31)4)33-30-16-27(28-19-37-42(21-28)22(2)3)18-36-35(30)39-34(33)25-10-12-29(13-11-25)41-15-14-40(6)24(5)20-41/h7-13,16-19,21-22,24H,1,14-15,20H2,2-6H3,(H,36,39)(H,38,43)/t24-/m0/s1.